The molecule has 0 aromatic carbocycles. The summed E-state index contributed by atoms with van der Waals surface area (Å²) in [6.07, 6.45) is 6.00. The molecule has 0 bridgehead atoms. The number of hydrogen-bond donors (Lipinski definition) is 1. The molecule has 0 aromatic heterocycles. The third-order valence-corrected chi connectivity index (χ3v) is 1.28. The van der Waals surface area contributed by atoms with E-state index in [0.29, 0.717) is 0 Å². The Kier molecular flexibility index (Phi) is 2.05. The molecule has 52 valence electrons. The van der Waals surface area contributed by atoms with E-state index in [1.54, 1.807) is 0 Å². The SMILES string of the molecule is C=NNCC1=CC(=C)C=C1. The van der Waals surface area contributed by atoms with Crippen molar-refractivity contribution in [1.29, 1.82) is 0 Å². The molecule has 1 N–H and O–H groups in total. The molecule has 1 aliphatic rings. The zero-order chi connectivity index (χ0) is 7.40. The Morgan fingerprint density at radius 2 is 2.30 bits per heavy atom. The van der Waals surface area contributed by atoms with E-state index in [2.05, 4.69) is 23.8 Å². The highest BCUT2D eigenvalue weighted by Crippen LogP contribution is 2.11. The van der Waals surface area contributed by atoms with E-state index < -0.39 is 0 Å². The molecule has 0 spiro atoms. The maximum absolute atomic E-state index is 3.78. The Morgan fingerprint density at radius 3 is 2.80 bits per heavy atom. The molecule has 0 fully saturated rings. The van der Waals surface area contributed by atoms with E-state index in [1.165, 1.54) is 5.57 Å². The van der Waals surface area contributed by atoms with Crippen LogP contribution in [0.5, 0.6) is 0 Å². The Labute approximate surface area is 60.6 Å². The summed E-state index contributed by atoms with van der Waals surface area (Å²) < 4.78 is 0. The van der Waals surface area contributed by atoms with Gasteiger partial charge in [0.2, 0.25) is 0 Å². The Bertz CT molecular complexity index is 211. The van der Waals surface area contributed by atoms with Crippen LogP contribution in [0, 0.1) is 0 Å². The molecule has 0 radical (unpaired) electrons. The topological polar surface area (TPSA) is 24.4 Å². The molecule has 0 unspecified atom stereocenters. The van der Waals surface area contributed by atoms with E-state index in [1.807, 2.05) is 18.2 Å². The summed E-state index contributed by atoms with van der Waals surface area (Å²) >= 11 is 0. The lowest BCUT2D eigenvalue weighted by molar-refractivity contribution is 0.818. The first kappa shape index (κ1) is 6.81. The average Bonchev–Trinajstić information content (AvgIpc) is 2.31. The monoisotopic (exact) mass is 134 g/mol. The summed E-state index contributed by atoms with van der Waals surface area (Å²) in [5.74, 6) is 0. The minimum absolute atomic E-state index is 0.735. The lowest BCUT2D eigenvalue weighted by atomic mass is 10.3. The smallest absolute Gasteiger partial charge is 0.0579 e. The summed E-state index contributed by atoms with van der Waals surface area (Å²) in [7, 11) is 0. The summed E-state index contributed by atoms with van der Waals surface area (Å²) in [5.41, 5.74) is 5.00. The molecule has 2 nitrogen and oxygen atoms in total. The van der Waals surface area contributed by atoms with Crippen LogP contribution in [0.1, 0.15) is 0 Å². The molecule has 10 heavy (non-hydrogen) atoms. The van der Waals surface area contributed by atoms with Gasteiger partial charge in [0, 0.05) is 6.72 Å². The number of hydrazone groups is 1. The molecular formula is C8H10N2. The van der Waals surface area contributed by atoms with Gasteiger partial charge in [0.25, 0.3) is 0 Å². The molecule has 0 atom stereocenters. The van der Waals surface area contributed by atoms with Crippen LogP contribution in [0.15, 0.2) is 41.1 Å². The van der Waals surface area contributed by atoms with Gasteiger partial charge in [-0.2, -0.15) is 5.10 Å². The number of allylic oxidation sites excluding steroid dienone is 3. The second-order valence-electron chi connectivity index (χ2n) is 2.12. The number of hydrogen-bond acceptors (Lipinski definition) is 2. The predicted molar refractivity (Wildman–Crippen MR) is 43.9 cm³/mol. The summed E-state index contributed by atoms with van der Waals surface area (Å²) in [5, 5.41) is 3.52. The number of nitrogens with zero attached hydrogens (tertiary/aromatic N) is 1. The van der Waals surface area contributed by atoms with Crippen LogP contribution in [0.3, 0.4) is 0 Å². The highest BCUT2D eigenvalue weighted by Gasteiger charge is 1.97. The van der Waals surface area contributed by atoms with Crippen molar-refractivity contribution in [3.63, 3.8) is 0 Å². The molecule has 0 saturated carbocycles. The van der Waals surface area contributed by atoms with Gasteiger partial charge in [0.15, 0.2) is 0 Å². The normalized spacial score (nSPS) is 15.2. The fourth-order valence-corrected chi connectivity index (χ4v) is 0.806. The van der Waals surface area contributed by atoms with Crippen LogP contribution in [-0.2, 0) is 0 Å². The quantitative estimate of drug-likeness (QED) is 0.456. The minimum Gasteiger partial charge on any atom is -0.306 e. The van der Waals surface area contributed by atoms with Crippen LogP contribution in [0.4, 0.5) is 0 Å². The van der Waals surface area contributed by atoms with Gasteiger partial charge in [0.1, 0.15) is 0 Å². The maximum Gasteiger partial charge on any atom is 0.0579 e. The Balaban J connectivity index is 2.43. The Hall–Kier alpha value is -1.31. The van der Waals surface area contributed by atoms with Gasteiger partial charge in [-0.25, -0.2) is 0 Å². The minimum atomic E-state index is 0.735. The van der Waals surface area contributed by atoms with Gasteiger partial charge in [-0.05, 0) is 11.1 Å². The van der Waals surface area contributed by atoms with Crippen molar-refractivity contribution >= 4 is 6.72 Å². The highest BCUT2D eigenvalue weighted by molar-refractivity contribution is 5.44. The van der Waals surface area contributed by atoms with Crippen molar-refractivity contribution in [2.75, 3.05) is 6.54 Å². The molecule has 0 aromatic rings. The molecule has 0 heterocycles. The number of nitrogens with one attached hydrogen (secondary N) is 1. The van der Waals surface area contributed by atoms with Gasteiger partial charge in [0.05, 0.1) is 6.54 Å². The van der Waals surface area contributed by atoms with E-state index in [-0.39, 0.29) is 0 Å². The molecule has 2 heteroatoms. The fraction of sp³-hybridized carbons (Fsp3) is 0.125. The lowest BCUT2D eigenvalue weighted by Gasteiger charge is -1.95. The van der Waals surface area contributed by atoms with Crippen LogP contribution >= 0.6 is 0 Å². The van der Waals surface area contributed by atoms with Gasteiger partial charge >= 0.3 is 0 Å². The van der Waals surface area contributed by atoms with Crippen LogP contribution in [0.2, 0.25) is 0 Å². The van der Waals surface area contributed by atoms with Crippen molar-refractivity contribution in [3.8, 4) is 0 Å². The first-order valence-electron chi connectivity index (χ1n) is 3.09. The van der Waals surface area contributed by atoms with Crippen LogP contribution in [0.25, 0.3) is 0 Å². The zero-order valence-electron chi connectivity index (χ0n) is 5.80. The Morgan fingerprint density at radius 1 is 1.50 bits per heavy atom. The lowest BCUT2D eigenvalue weighted by Crippen LogP contribution is -2.06. The van der Waals surface area contributed by atoms with Crippen molar-refractivity contribution < 1.29 is 0 Å². The molecule has 1 rings (SSSR count). The van der Waals surface area contributed by atoms with Gasteiger partial charge in [-0.3, -0.25) is 0 Å². The van der Waals surface area contributed by atoms with Gasteiger partial charge in [-0.1, -0.05) is 24.8 Å². The fourth-order valence-electron chi connectivity index (χ4n) is 0.806. The van der Waals surface area contributed by atoms with E-state index >= 15 is 0 Å². The van der Waals surface area contributed by atoms with Gasteiger partial charge in [-0.15, -0.1) is 0 Å². The third kappa shape index (κ3) is 1.58. The third-order valence-electron chi connectivity index (χ3n) is 1.28. The van der Waals surface area contributed by atoms with E-state index in [4.69, 9.17) is 0 Å². The summed E-state index contributed by atoms with van der Waals surface area (Å²) in [6, 6.07) is 0. The van der Waals surface area contributed by atoms with E-state index in [0.717, 1.165) is 12.1 Å². The second-order valence-corrected chi connectivity index (χ2v) is 2.12. The van der Waals surface area contributed by atoms with E-state index in [9.17, 15) is 0 Å². The standard InChI is InChI=1S/C8H10N2/c1-7-3-4-8(5-7)6-10-9-2/h3-5,10H,1-2,6H2. The van der Waals surface area contributed by atoms with Crippen molar-refractivity contribution in [2.24, 2.45) is 5.10 Å². The van der Waals surface area contributed by atoms with Crippen molar-refractivity contribution in [1.82, 2.24) is 5.43 Å². The second kappa shape index (κ2) is 3.01. The van der Waals surface area contributed by atoms with Crippen LogP contribution in [-0.4, -0.2) is 13.3 Å². The van der Waals surface area contributed by atoms with Gasteiger partial charge < -0.3 is 5.43 Å². The van der Waals surface area contributed by atoms with Crippen molar-refractivity contribution in [2.45, 2.75) is 0 Å². The summed E-state index contributed by atoms with van der Waals surface area (Å²) in [4.78, 5) is 0. The molecule has 0 aliphatic heterocycles. The molecular weight excluding hydrogens is 124 g/mol. The zero-order valence-corrected chi connectivity index (χ0v) is 5.80. The predicted octanol–water partition coefficient (Wildman–Crippen LogP) is 1.24. The largest absolute Gasteiger partial charge is 0.306 e. The molecule has 1 aliphatic carbocycles. The van der Waals surface area contributed by atoms with Crippen LogP contribution < -0.4 is 5.43 Å². The first-order valence-corrected chi connectivity index (χ1v) is 3.09. The summed E-state index contributed by atoms with van der Waals surface area (Å²) in [6.45, 7) is 7.82. The number of rotatable bonds is 3. The highest BCUT2D eigenvalue weighted by atomic mass is 15.3. The van der Waals surface area contributed by atoms with Crippen molar-refractivity contribution in [3.05, 3.63) is 36.0 Å². The maximum atomic E-state index is 3.78. The molecule has 0 saturated heterocycles. The first-order chi connectivity index (χ1) is 4.83. The average molecular weight is 134 g/mol. The molecule has 0 amide bonds.